The number of anilines is 1. The van der Waals surface area contributed by atoms with Gasteiger partial charge in [0.2, 0.25) is 0 Å². The first-order chi connectivity index (χ1) is 10.1. The molecule has 21 heavy (non-hydrogen) atoms. The summed E-state index contributed by atoms with van der Waals surface area (Å²) in [5.74, 6) is -0.0995. The number of nitrogens with zero attached hydrogens (tertiary/aromatic N) is 4. The Morgan fingerprint density at radius 3 is 2.71 bits per heavy atom. The van der Waals surface area contributed by atoms with Crippen LogP contribution in [-0.2, 0) is 0 Å². The molecule has 0 amide bonds. The number of tetrazole rings is 1. The molecule has 1 aromatic heterocycles. The van der Waals surface area contributed by atoms with Crippen LogP contribution in [0.2, 0.25) is 0 Å². The Bertz CT molecular complexity index is 810. The van der Waals surface area contributed by atoms with Crippen molar-refractivity contribution in [3.05, 3.63) is 53.3 Å². The SMILES string of the molecule is Cc1cccc(-n2nnnc2-c2ccc(N)cc2F)c1C. The van der Waals surface area contributed by atoms with E-state index in [2.05, 4.69) is 15.5 Å². The molecule has 3 aromatic rings. The van der Waals surface area contributed by atoms with E-state index in [0.717, 1.165) is 16.8 Å². The van der Waals surface area contributed by atoms with E-state index < -0.39 is 5.82 Å². The van der Waals surface area contributed by atoms with Gasteiger partial charge in [-0.05, 0) is 59.7 Å². The van der Waals surface area contributed by atoms with E-state index in [0.29, 0.717) is 17.1 Å². The second-order valence-electron chi connectivity index (χ2n) is 4.87. The molecule has 0 aliphatic carbocycles. The molecule has 0 bridgehead atoms. The summed E-state index contributed by atoms with van der Waals surface area (Å²) in [5.41, 5.74) is 9.24. The van der Waals surface area contributed by atoms with Crippen molar-refractivity contribution in [3.63, 3.8) is 0 Å². The Morgan fingerprint density at radius 1 is 1.14 bits per heavy atom. The summed E-state index contributed by atoms with van der Waals surface area (Å²) in [5, 5.41) is 11.6. The highest BCUT2D eigenvalue weighted by atomic mass is 19.1. The second-order valence-corrected chi connectivity index (χ2v) is 4.87. The molecule has 0 atom stereocenters. The third-order valence-electron chi connectivity index (χ3n) is 3.51. The van der Waals surface area contributed by atoms with Gasteiger partial charge in [0.05, 0.1) is 11.3 Å². The van der Waals surface area contributed by atoms with Gasteiger partial charge >= 0.3 is 0 Å². The number of hydrogen-bond acceptors (Lipinski definition) is 4. The molecular weight excluding hydrogens is 269 g/mol. The van der Waals surface area contributed by atoms with Gasteiger partial charge in [0.15, 0.2) is 5.82 Å². The van der Waals surface area contributed by atoms with Crippen molar-refractivity contribution in [1.82, 2.24) is 20.2 Å². The monoisotopic (exact) mass is 283 g/mol. The average molecular weight is 283 g/mol. The Hall–Kier alpha value is -2.76. The lowest BCUT2D eigenvalue weighted by molar-refractivity contribution is 0.629. The summed E-state index contributed by atoms with van der Waals surface area (Å²) in [6, 6.07) is 10.3. The van der Waals surface area contributed by atoms with Crippen molar-refractivity contribution in [2.75, 3.05) is 5.73 Å². The summed E-state index contributed by atoms with van der Waals surface area (Å²) in [7, 11) is 0. The molecule has 0 unspecified atom stereocenters. The van der Waals surface area contributed by atoms with Crippen LogP contribution >= 0.6 is 0 Å². The molecule has 1 heterocycles. The highest BCUT2D eigenvalue weighted by molar-refractivity contribution is 5.62. The minimum atomic E-state index is -0.448. The summed E-state index contributed by atoms with van der Waals surface area (Å²) < 4.78 is 15.6. The first-order valence-electron chi connectivity index (χ1n) is 6.48. The number of rotatable bonds is 2. The minimum absolute atomic E-state index is 0.315. The molecule has 0 aliphatic rings. The van der Waals surface area contributed by atoms with Gasteiger partial charge in [0.1, 0.15) is 5.82 Å². The molecule has 0 aliphatic heterocycles. The molecule has 0 spiro atoms. The summed E-state index contributed by atoms with van der Waals surface area (Å²) in [6.07, 6.45) is 0. The number of hydrogen-bond donors (Lipinski definition) is 1. The molecule has 0 saturated carbocycles. The van der Waals surface area contributed by atoms with E-state index in [9.17, 15) is 4.39 Å². The minimum Gasteiger partial charge on any atom is -0.399 e. The third kappa shape index (κ3) is 2.24. The van der Waals surface area contributed by atoms with Crippen LogP contribution < -0.4 is 5.73 Å². The van der Waals surface area contributed by atoms with Gasteiger partial charge in [-0.25, -0.2) is 4.39 Å². The van der Waals surface area contributed by atoms with Gasteiger partial charge < -0.3 is 5.73 Å². The van der Waals surface area contributed by atoms with Crippen LogP contribution in [0.15, 0.2) is 36.4 Å². The molecular formula is C15H14FN5. The van der Waals surface area contributed by atoms with Crippen LogP contribution in [0.4, 0.5) is 10.1 Å². The standard InChI is InChI=1S/C15H14FN5/c1-9-4-3-5-14(10(9)2)21-15(18-19-20-21)12-7-6-11(17)8-13(12)16/h3-8H,17H2,1-2H3. The quantitative estimate of drug-likeness (QED) is 0.734. The fourth-order valence-corrected chi connectivity index (χ4v) is 2.20. The first-order valence-corrected chi connectivity index (χ1v) is 6.48. The van der Waals surface area contributed by atoms with Crippen molar-refractivity contribution < 1.29 is 4.39 Å². The molecule has 0 saturated heterocycles. The van der Waals surface area contributed by atoms with Gasteiger partial charge in [-0.2, -0.15) is 4.68 Å². The van der Waals surface area contributed by atoms with Crippen LogP contribution in [0.5, 0.6) is 0 Å². The van der Waals surface area contributed by atoms with Gasteiger partial charge in [-0.1, -0.05) is 12.1 Å². The number of nitrogen functional groups attached to an aromatic ring is 1. The van der Waals surface area contributed by atoms with Gasteiger partial charge in [-0.15, -0.1) is 5.10 Å². The van der Waals surface area contributed by atoms with E-state index >= 15 is 0 Å². The summed E-state index contributed by atoms with van der Waals surface area (Å²) >= 11 is 0. The smallest absolute Gasteiger partial charge is 0.190 e. The van der Waals surface area contributed by atoms with Crippen LogP contribution in [0.3, 0.4) is 0 Å². The molecule has 2 N–H and O–H groups in total. The summed E-state index contributed by atoms with van der Waals surface area (Å²) in [4.78, 5) is 0. The van der Waals surface area contributed by atoms with Crippen molar-refractivity contribution >= 4 is 5.69 Å². The fraction of sp³-hybridized carbons (Fsp3) is 0.133. The molecule has 5 nitrogen and oxygen atoms in total. The average Bonchev–Trinajstić information content (AvgIpc) is 2.91. The highest BCUT2D eigenvalue weighted by Crippen LogP contribution is 2.26. The Labute approximate surface area is 121 Å². The molecule has 2 aromatic carbocycles. The Balaban J connectivity index is 2.20. The van der Waals surface area contributed by atoms with Crippen molar-refractivity contribution in [1.29, 1.82) is 0 Å². The van der Waals surface area contributed by atoms with E-state index in [1.807, 2.05) is 32.0 Å². The zero-order valence-electron chi connectivity index (χ0n) is 11.7. The van der Waals surface area contributed by atoms with Crippen LogP contribution in [0, 0.1) is 19.7 Å². The number of benzene rings is 2. The van der Waals surface area contributed by atoms with E-state index in [-0.39, 0.29) is 0 Å². The van der Waals surface area contributed by atoms with E-state index in [1.165, 1.54) is 10.7 Å². The Morgan fingerprint density at radius 2 is 1.95 bits per heavy atom. The van der Waals surface area contributed by atoms with Crippen molar-refractivity contribution in [2.24, 2.45) is 0 Å². The third-order valence-corrected chi connectivity index (χ3v) is 3.51. The zero-order valence-corrected chi connectivity index (χ0v) is 11.7. The highest BCUT2D eigenvalue weighted by Gasteiger charge is 2.16. The number of halogens is 1. The van der Waals surface area contributed by atoms with Gasteiger partial charge in [-0.3, -0.25) is 0 Å². The summed E-state index contributed by atoms with van der Waals surface area (Å²) in [6.45, 7) is 3.99. The van der Waals surface area contributed by atoms with Crippen LogP contribution in [0.25, 0.3) is 17.1 Å². The first kappa shape index (κ1) is 13.2. The second kappa shape index (κ2) is 4.97. The van der Waals surface area contributed by atoms with Crippen molar-refractivity contribution in [2.45, 2.75) is 13.8 Å². The maximum atomic E-state index is 14.1. The lowest BCUT2D eigenvalue weighted by Crippen LogP contribution is -2.04. The Kier molecular flexibility index (Phi) is 3.13. The van der Waals surface area contributed by atoms with E-state index in [4.69, 9.17) is 5.73 Å². The molecule has 0 radical (unpaired) electrons. The fourth-order valence-electron chi connectivity index (χ4n) is 2.20. The topological polar surface area (TPSA) is 69.6 Å². The molecule has 106 valence electrons. The van der Waals surface area contributed by atoms with Gasteiger partial charge in [0, 0.05) is 5.69 Å². The molecule has 6 heteroatoms. The maximum Gasteiger partial charge on any atom is 0.190 e. The van der Waals surface area contributed by atoms with Gasteiger partial charge in [0.25, 0.3) is 0 Å². The predicted octanol–water partition coefficient (Wildman–Crippen LogP) is 2.67. The zero-order chi connectivity index (χ0) is 15.0. The molecule has 0 fully saturated rings. The number of aryl methyl sites for hydroxylation is 1. The largest absolute Gasteiger partial charge is 0.399 e. The maximum absolute atomic E-state index is 14.1. The predicted molar refractivity (Wildman–Crippen MR) is 78.4 cm³/mol. The number of nitrogens with two attached hydrogens (primary N) is 1. The molecule has 3 rings (SSSR count). The normalized spacial score (nSPS) is 10.8. The lowest BCUT2D eigenvalue weighted by atomic mass is 10.1. The van der Waals surface area contributed by atoms with Crippen molar-refractivity contribution in [3.8, 4) is 17.1 Å². The van der Waals surface area contributed by atoms with Crippen LogP contribution in [-0.4, -0.2) is 20.2 Å². The van der Waals surface area contributed by atoms with E-state index in [1.54, 1.807) is 12.1 Å². The number of aromatic nitrogens is 4. The van der Waals surface area contributed by atoms with Crippen LogP contribution in [0.1, 0.15) is 11.1 Å². The lowest BCUT2D eigenvalue weighted by Gasteiger charge is -2.10.